The van der Waals surface area contributed by atoms with Crippen LogP contribution in [-0.4, -0.2) is 46.3 Å². The molecule has 0 radical (unpaired) electrons. The second kappa shape index (κ2) is 12.6. The van der Waals surface area contributed by atoms with Gasteiger partial charge in [0.25, 0.3) is 5.63 Å². The molecule has 2 aromatic rings. The highest BCUT2D eigenvalue weighted by Crippen LogP contribution is 2.62. The molecular formula is C22H28ClF3NO7P. The average Bonchev–Trinajstić information content (AvgIpc) is 2.82. The van der Waals surface area contributed by atoms with Crippen molar-refractivity contribution < 1.29 is 45.7 Å². The molecule has 2 atom stereocenters. The van der Waals surface area contributed by atoms with Gasteiger partial charge in [0.05, 0.1) is 34.5 Å². The van der Waals surface area contributed by atoms with Crippen molar-refractivity contribution in [1.82, 2.24) is 0 Å². The Kier molecular flexibility index (Phi) is 10.4. The van der Waals surface area contributed by atoms with Crippen molar-refractivity contribution in [1.29, 1.82) is 0 Å². The Labute approximate surface area is 207 Å². The number of methoxy groups -OCH3 is 3. The molecule has 8 nitrogen and oxygen atoms in total. The van der Waals surface area contributed by atoms with E-state index < -0.39 is 25.1 Å². The third-order valence-corrected chi connectivity index (χ3v) is 7.15. The van der Waals surface area contributed by atoms with E-state index in [1.807, 2.05) is 0 Å². The summed E-state index contributed by atoms with van der Waals surface area (Å²) in [7, 11) is 0.479. The van der Waals surface area contributed by atoms with Crippen LogP contribution >= 0.6 is 19.2 Å². The van der Waals surface area contributed by atoms with Gasteiger partial charge >= 0.3 is 13.7 Å². The third-order valence-electron chi connectivity index (χ3n) is 4.60. The van der Waals surface area contributed by atoms with Gasteiger partial charge in [0, 0.05) is 5.69 Å². The molecule has 2 unspecified atom stereocenters. The summed E-state index contributed by atoms with van der Waals surface area (Å²) >= 11 is 4.83. The van der Waals surface area contributed by atoms with Gasteiger partial charge in [-0.1, -0.05) is 11.6 Å². The monoisotopic (exact) mass is 541 g/mol. The van der Waals surface area contributed by atoms with Crippen LogP contribution in [0.25, 0.3) is 0 Å². The molecule has 1 N–H and O–H groups in total. The third kappa shape index (κ3) is 7.10. The Balaban J connectivity index is 2.52. The van der Waals surface area contributed by atoms with E-state index in [4.69, 9.17) is 34.9 Å². The number of anilines is 1. The van der Waals surface area contributed by atoms with Gasteiger partial charge in [-0.3, -0.25) is 4.57 Å². The van der Waals surface area contributed by atoms with Crippen LogP contribution in [0.2, 0.25) is 0 Å². The fourth-order valence-corrected chi connectivity index (χ4v) is 5.09. The standard InChI is InChI=1S/C22H28ClF3NO7P/c1-6-32-35(28,33-7-2)20(14-12-17(29-3)19(31-5)18(13-14)30-4)27-15-8-10-16(11-9-15)34-22(25,26)21(23)24/h8-13,20-21,27H,6-7H2,1-5H3. The van der Waals surface area contributed by atoms with Crippen molar-refractivity contribution in [3.8, 4) is 23.0 Å². The van der Waals surface area contributed by atoms with Crippen molar-refractivity contribution in [3.05, 3.63) is 42.0 Å². The molecular weight excluding hydrogens is 514 g/mol. The highest BCUT2D eigenvalue weighted by atomic mass is 35.5. The van der Waals surface area contributed by atoms with Gasteiger partial charge in [-0.25, -0.2) is 4.39 Å². The Morgan fingerprint density at radius 3 is 1.89 bits per heavy atom. The van der Waals surface area contributed by atoms with Crippen molar-refractivity contribution in [3.63, 3.8) is 0 Å². The first-order valence-corrected chi connectivity index (χ1v) is 12.5. The molecule has 0 bridgehead atoms. The van der Waals surface area contributed by atoms with Crippen LogP contribution in [0.4, 0.5) is 18.9 Å². The fourth-order valence-electron chi connectivity index (χ4n) is 3.13. The number of halogens is 4. The van der Waals surface area contributed by atoms with E-state index in [1.54, 1.807) is 26.0 Å². The van der Waals surface area contributed by atoms with Gasteiger partial charge in [0.1, 0.15) is 5.75 Å². The number of rotatable bonds is 14. The van der Waals surface area contributed by atoms with E-state index in [2.05, 4.69) is 10.1 Å². The Morgan fingerprint density at radius 1 is 0.971 bits per heavy atom. The number of benzene rings is 2. The van der Waals surface area contributed by atoms with Crippen molar-refractivity contribution in [2.75, 3.05) is 39.9 Å². The van der Waals surface area contributed by atoms with E-state index in [1.165, 1.54) is 45.6 Å². The molecule has 0 saturated carbocycles. The number of hydrogen-bond acceptors (Lipinski definition) is 8. The molecule has 0 spiro atoms. The molecule has 35 heavy (non-hydrogen) atoms. The van der Waals surface area contributed by atoms with E-state index >= 15 is 0 Å². The average molecular weight is 542 g/mol. The molecule has 0 aliphatic heterocycles. The number of nitrogens with one attached hydrogen (secondary N) is 1. The lowest BCUT2D eigenvalue weighted by Gasteiger charge is -2.29. The topological polar surface area (TPSA) is 84.5 Å². The van der Waals surface area contributed by atoms with Gasteiger partial charge in [0.2, 0.25) is 5.75 Å². The quantitative estimate of drug-likeness (QED) is 0.212. The molecule has 0 amide bonds. The van der Waals surface area contributed by atoms with Gasteiger partial charge in [-0.05, 0) is 55.8 Å². The summed E-state index contributed by atoms with van der Waals surface area (Å²) in [5.41, 5.74) is -2.26. The van der Waals surface area contributed by atoms with Crippen LogP contribution in [0, 0.1) is 0 Å². The zero-order chi connectivity index (χ0) is 26.2. The molecule has 2 aromatic carbocycles. The second-order valence-corrected chi connectivity index (χ2v) is 9.37. The summed E-state index contributed by atoms with van der Waals surface area (Å²) in [5.74, 6) is -0.455. The first-order valence-electron chi connectivity index (χ1n) is 10.4. The molecule has 0 fully saturated rings. The summed E-state index contributed by atoms with van der Waals surface area (Å²) in [5, 5.41) is 3.05. The Bertz CT molecular complexity index is 976. The zero-order valence-corrected chi connectivity index (χ0v) is 21.5. The lowest BCUT2D eigenvalue weighted by atomic mass is 10.1. The van der Waals surface area contributed by atoms with Crippen molar-refractivity contribution in [2.24, 2.45) is 0 Å². The minimum Gasteiger partial charge on any atom is -0.493 e. The molecule has 196 valence electrons. The first-order chi connectivity index (χ1) is 16.5. The van der Waals surface area contributed by atoms with Gasteiger partial charge in [0.15, 0.2) is 17.3 Å². The zero-order valence-electron chi connectivity index (χ0n) is 19.8. The maximum Gasteiger partial charge on any atom is 0.444 e. The van der Waals surface area contributed by atoms with E-state index in [-0.39, 0.29) is 19.0 Å². The number of ether oxygens (including phenoxy) is 4. The maximum atomic E-state index is 13.8. The SMILES string of the molecule is CCOP(=O)(OCC)C(Nc1ccc(OC(F)(F)C(F)Cl)cc1)c1cc(OC)c(OC)c(OC)c1. The largest absolute Gasteiger partial charge is 0.493 e. The lowest BCUT2D eigenvalue weighted by Crippen LogP contribution is -2.32. The predicted octanol–water partition coefficient (Wildman–Crippen LogP) is 6.60. The van der Waals surface area contributed by atoms with E-state index in [9.17, 15) is 17.7 Å². The lowest BCUT2D eigenvalue weighted by molar-refractivity contribution is -0.199. The molecule has 0 heterocycles. The Hall–Kier alpha value is -2.33. The van der Waals surface area contributed by atoms with Crippen molar-refractivity contribution in [2.45, 2.75) is 31.4 Å². The number of hydrogen-bond donors (Lipinski definition) is 1. The maximum absolute atomic E-state index is 13.8. The summed E-state index contributed by atoms with van der Waals surface area (Å²) in [6.45, 7) is 3.51. The normalized spacial score (nSPS) is 13.6. The minimum absolute atomic E-state index is 0.0879. The first kappa shape index (κ1) is 28.9. The van der Waals surface area contributed by atoms with Gasteiger partial charge in [-0.2, -0.15) is 8.78 Å². The van der Waals surface area contributed by atoms with Crippen molar-refractivity contribution >= 4 is 24.9 Å². The Morgan fingerprint density at radius 2 is 1.49 bits per heavy atom. The molecule has 0 saturated heterocycles. The van der Waals surface area contributed by atoms with E-state index in [0.29, 0.717) is 28.5 Å². The van der Waals surface area contributed by atoms with Crippen LogP contribution in [-0.2, 0) is 13.6 Å². The highest BCUT2D eigenvalue weighted by molar-refractivity contribution is 7.54. The van der Waals surface area contributed by atoms with Crippen LogP contribution in [0.1, 0.15) is 25.2 Å². The number of alkyl halides is 4. The smallest absolute Gasteiger partial charge is 0.444 e. The van der Waals surface area contributed by atoms with Crippen LogP contribution in [0.15, 0.2) is 36.4 Å². The van der Waals surface area contributed by atoms with Crippen LogP contribution in [0.3, 0.4) is 0 Å². The summed E-state index contributed by atoms with van der Waals surface area (Å²) in [6.07, 6.45) is -4.21. The summed E-state index contributed by atoms with van der Waals surface area (Å²) in [6, 6.07) is 8.27. The van der Waals surface area contributed by atoms with Crippen LogP contribution < -0.4 is 24.3 Å². The highest BCUT2D eigenvalue weighted by Gasteiger charge is 2.42. The summed E-state index contributed by atoms with van der Waals surface area (Å²) < 4.78 is 85.1. The van der Waals surface area contributed by atoms with Gasteiger partial charge < -0.3 is 33.3 Å². The predicted molar refractivity (Wildman–Crippen MR) is 126 cm³/mol. The fraction of sp³-hybridized carbons (Fsp3) is 0.455. The van der Waals surface area contributed by atoms with E-state index in [0.717, 1.165) is 0 Å². The molecule has 0 aliphatic rings. The van der Waals surface area contributed by atoms with Gasteiger partial charge in [-0.15, -0.1) is 0 Å². The molecule has 0 aromatic heterocycles. The molecule has 0 aliphatic carbocycles. The molecule has 13 heteroatoms. The molecule has 2 rings (SSSR count). The van der Waals surface area contributed by atoms with Crippen LogP contribution in [0.5, 0.6) is 23.0 Å². The minimum atomic E-state index is -4.21. The summed E-state index contributed by atoms with van der Waals surface area (Å²) in [4.78, 5) is 0. The second-order valence-electron chi connectivity index (χ2n) is 6.87.